The first-order chi connectivity index (χ1) is 13.2. The summed E-state index contributed by atoms with van der Waals surface area (Å²) in [7, 11) is 1.73. The van der Waals surface area contributed by atoms with Gasteiger partial charge in [-0.2, -0.15) is 4.98 Å². The van der Waals surface area contributed by atoms with E-state index in [0.717, 1.165) is 46.3 Å². The van der Waals surface area contributed by atoms with Crippen molar-refractivity contribution in [1.29, 1.82) is 0 Å². The number of benzene rings is 1. The monoisotopic (exact) mass is 384 g/mol. The van der Waals surface area contributed by atoms with Crippen LogP contribution in [0.1, 0.15) is 37.9 Å². The van der Waals surface area contributed by atoms with Crippen LogP contribution in [-0.4, -0.2) is 42.3 Å². The van der Waals surface area contributed by atoms with Crippen LogP contribution in [0.3, 0.4) is 0 Å². The standard InChI is InChI=1S/C20H24N4O2S/c1-12(25-2)13-8-16(19-21-6-7-27-19)18-17(9-13)23-20(26-18)24-10-14-4-3-5-15(11-24)22-14/h6-9,12,14-15,22H,3-5,10-11H2,1-2H3. The number of piperazine rings is 1. The zero-order chi connectivity index (χ0) is 18.4. The molecule has 2 fully saturated rings. The lowest BCUT2D eigenvalue weighted by Crippen LogP contribution is -2.58. The summed E-state index contributed by atoms with van der Waals surface area (Å²) in [5.74, 6) is 0. The lowest BCUT2D eigenvalue weighted by atomic mass is 9.94. The Kier molecular flexibility index (Phi) is 4.38. The van der Waals surface area contributed by atoms with Gasteiger partial charge in [-0.1, -0.05) is 6.42 Å². The zero-order valence-electron chi connectivity index (χ0n) is 15.6. The minimum absolute atomic E-state index is 0.00759. The molecule has 27 heavy (non-hydrogen) atoms. The molecule has 1 N–H and O–H groups in total. The zero-order valence-corrected chi connectivity index (χ0v) is 16.5. The van der Waals surface area contributed by atoms with E-state index in [9.17, 15) is 0 Å². The third kappa shape index (κ3) is 3.13. The highest BCUT2D eigenvalue weighted by Gasteiger charge is 2.32. The number of hydrogen-bond donors (Lipinski definition) is 1. The fourth-order valence-electron chi connectivity index (χ4n) is 4.23. The highest BCUT2D eigenvalue weighted by molar-refractivity contribution is 7.13. The van der Waals surface area contributed by atoms with Gasteiger partial charge < -0.3 is 19.4 Å². The van der Waals surface area contributed by atoms with Crippen molar-refractivity contribution in [2.45, 2.75) is 44.4 Å². The van der Waals surface area contributed by atoms with Gasteiger partial charge in [0.2, 0.25) is 0 Å². The number of thiazole rings is 1. The molecule has 5 rings (SSSR count). The van der Waals surface area contributed by atoms with E-state index in [1.807, 2.05) is 18.5 Å². The second-order valence-corrected chi connectivity index (χ2v) is 8.42. The summed E-state index contributed by atoms with van der Waals surface area (Å²) in [6.45, 7) is 3.96. The van der Waals surface area contributed by atoms with Crippen LogP contribution in [0.4, 0.5) is 6.01 Å². The number of nitrogens with one attached hydrogen (secondary N) is 1. The number of rotatable bonds is 4. The van der Waals surface area contributed by atoms with E-state index >= 15 is 0 Å². The Morgan fingerprint density at radius 2 is 2.11 bits per heavy atom. The second-order valence-electron chi connectivity index (χ2n) is 7.52. The van der Waals surface area contributed by atoms with Gasteiger partial charge >= 0.3 is 0 Å². The summed E-state index contributed by atoms with van der Waals surface area (Å²) >= 11 is 1.61. The van der Waals surface area contributed by atoms with Gasteiger partial charge in [0, 0.05) is 43.9 Å². The molecule has 1 aromatic carbocycles. The number of anilines is 1. The van der Waals surface area contributed by atoms with Gasteiger partial charge in [-0.05, 0) is 37.5 Å². The Balaban J connectivity index is 1.58. The number of ether oxygens (including phenoxy) is 1. The topological polar surface area (TPSA) is 63.4 Å². The average molecular weight is 385 g/mol. The second kappa shape index (κ2) is 6.89. The average Bonchev–Trinajstić information content (AvgIpc) is 3.36. The van der Waals surface area contributed by atoms with Gasteiger partial charge in [0.05, 0.1) is 11.7 Å². The van der Waals surface area contributed by atoms with Crippen LogP contribution in [0.25, 0.3) is 21.7 Å². The smallest absolute Gasteiger partial charge is 0.298 e. The predicted molar refractivity (Wildman–Crippen MR) is 107 cm³/mol. The van der Waals surface area contributed by atoms with Crippen molar-refractivity contribution in [2.24, 2.45) is 0 Å². The van der Waals surface area contributed by atoms with Gasteiger partial charge in [-0.15, -0.1) is 11.3 Å². The van der Waals surface area contributed by atoms with Crippen LogP contribution in [0.5, 0.6) is 0 Å². The van der Waals surface area contributed by atoms with Crippen LogP contribution < -0.4 is 10.2 Å². The van der Waals surface area contributed by atoms with Crippen LogP contribution in [-0.2, 0) is 4.74 Å². The summed E-state index contributed by atoms with van der Waals surface area (Å²) in [5, 5.41) is 6.65. The van der Waals surface area contributed by atoms with Crippen molar-refractivity contribution in [2.75, 3.05) is 25.1 Å². The van der Waals surface area contributed by atoms with Crippen LogP contribution in [0, 0.1) is 0 Å². The molecular weight excluding hydrogens is 360 g/mol. The van der Waals surface area contributed by atoms with E-state index in [-0.39, 0.29) is 6.10 Å². The number of hydrogen-bond acceptors (Lipinski definition) is 7. The van der Waals surface area contributed by atoms with Gasteiger partial charge in [0.25, 0.3) is 6.01 Å². The lowest BCUT2D eigenvalue weighted by Gasteiger charge is -2.41. The molecule has 2 aliphatic heterocycles. The molecule has 142 valence electrons. The van der Waals surface area contributed by atoms with E-state index < -0.39 is 0 Å². The van der Waals surface area contributed by atoms with Crippen LogP contribution >= 0.6 is 11.3 Å². The van der Waals surface area contributed by atoms with E-state index in [2.05, 4.69) is 27.3 Å². The quantitative estimate of drug-likeness (QED) is 0.734. The summed E-state index contributed by atoms with van der Waals surface area (Å²) in [4.78, 5) is 11.7. The molecule has 0 radical (unpaired) electrons. The normalized spacial score (nSPS) is 23.7. The molecule has 6 nitrogen and oxygen atoms in total. The minimum atomic E-state index is -0.00759. The van der Waals surface area contributed by atoms with E-state index in [0.29, 0.717) is 12.1 Å². The van der Waals surface area contributed by atoms with Crippen molar-refractivity contribution in [1.82, 2.24) is 15.3 Å². The number of fused-ring (bicyclic) bond motifs is 3. The minimum Gasteiger partial charge on any atom is -0.423 e. The highest BCUT2D eigenvalue weighted by atomic mass is 32.1. The molecule has 0 amide bonds. The van der Waals surface area contributed by atoms with Crippen molar-refractivity contribution in [3.8, 4) is 10.6 Å². The molecule has 0 spiro atoms. The van der Waals surface area contributed by atoms with Gasteiger partial charge in [0.1, 0.15) is 10.5 Å². The molecule has 2 bridgehead atoms. The molecular formula is C20H24N4O2S. The Bertz CT molecular complexity index is 927. The van der Waals surface area contributed by atoms with Crippen molar-refractivity contribution >= 4 is 28.5 Å². The first kappa shape index (κ1) is 17.2. The number of methoxy groups -OCH3 is 1. The Labute approximate surface area is 162 Å². The third-order valence-corrected chi connectivity index (χ3v) is 6.52. The maximum Gasteiger partial charge on any atom is 0.298 e. The van der Waals surface area contributed by atoms with Crippen LogP contribution in [0.15, 0.2) is 28.1 Å². The largest absolute Gasteiger partial charge is 0.423 e. The number of aromatic nitrogens is 2. The first-order valence-electron chi connectivity index (χ1n) is 9.59. The summed E-state index contributed by atoms with van der Waals surface area (Å²) < 4.78 is 11.8. The Hall–Kier alpha value is -1.96. The van der Waals surface area contributed by atoms with E-state index in [4.69, 9.17) is 14.1 Å². The van der Waals surface area contributed by atoms with Gasteiger partial charge in [0.15, 0.2) is 5.58 Å². The number of nitrogens with zero attached hydrogens (tertiary/aromatic N) is 3. The summed E-state index contributed by atoms with van der Waals surface area (Å²) in [6.07, 6.45) is 5.59. The molecule has 2 aromatic heterocycles. The number of oxazole rings is 1. The Morgan fingerprint density at radius 1 is 1.30 bits per heavy atom. The molecule has 2 aliphatic rings. The van der Waals surface area contributed by atoms with Crippen LogP contribution in [0.2, 0.25) is 0 Å². The van der Waals surface area contributed by atoms with Crippen molar-refractivity contribution < 1.29 is 9.15 Å². The molecule has 3 atom stereocenters. The molecule has 0 saturated carbocycles. The molecule has 0 aliphatic carbocycles. The molecule has 7 heteroatoms. The number of piperidine rings is 1. The van der Waals surface area contributed by atoms with Crippen molar-refractivity contribution in [3.63, 3.8) is 0 Å². The SMILES string of the molecule is COC(C)c1cc(-c2nccs2)c2oc(N3CC4CCCC(C3)N4)nc2c1. The Morgan fingerprint density at radius 3 is 2.81 bits per heavy atom. The fraction of sp³-hybridized carbons (Fsp3) is 0.500. The molecule has 2 saturated heterocycles. The third-order valence-electron chi connectivity index (χ3n) is 5.72. The predicted octanol–water partition coefficient (Wildman–Crippen LogP) is 3.99. The summed E-state index contributed by atoms with van der Waals surface area (Å²) in [6, 6.07) is 6.00. The van der Waals surface area contributed by atoms with Gasteiger partial charge in [-0.3, -0.25) is 0 Å². The first-order valence-corrected chi connectivity index (χ1v) is 10.5. The van der Waals surface area contributed by atoms with E-state index in [1.54, 1.807) is 18.4 Å². The van der Waals surface area contributed by atoms with E-state index in [1.165, 1.54) is 19.3 Å². The van der Waals surface area contributed by atoms with Gasteiger partial charge in [-0.25, -0.2) is 4.98 Å². The molecule has 4 heterocycles. The maximum absolute atomic E-state index is 6.31. The molecule has 3 aromatic rings. The highest BCUT2D eigenvalue weighted by Crippen LogP contribution is 2.36. The summed E-state index contributed by atoms with van der Waals surface area (Å²) in [5.41, 5.74) is 3.78. The fourth-order valence-corrected chi connectivity index (χ4v) is 4.88. The molecule has 3 unspecified atom stereocenters. The lowest BCUT2D eigenvalue weighted by molar-refractivity contribution is 0.119. The maximum atomic E-state index is 6.31. The van der Waals surface area contributed by atoms with Crippen molar-refractivity contribution in [3.05, 3.63) is 29.3 Å².